The highest BCUT2D eigenvalue weighted by Crippen LogP contribution is 2.47. The van der Waals surface area contributed by atoms with Crippen LogP contribution in [0.4, 0.5) is 17.6 Å². The van der Waals surface area contributed by atoms with Crippen LogP contribution in [0.5, 0.6) is 0 Å². The number of aromatic nitrogens is 4. The first-order valence-electron chi connectivity index (χ1n) is 11.9. The van der Waals surface area contributed by atoms with Gasteiger partial charge in [0.05, 0.1) is 5.69 Å². The summed E-state index contributed by atoms with van der Waals surface area (Å²) in [7, 11) is 0. The van der Waals surface area contributed by atoms with Gasteiger partial charge in [-0.15, -0.1) is 0 Å². The Kier molecular flexibility index (Phi) is 4.43. The molecule has 1 amide bonds. The molecule has 0 bridgehead atoms. The van der Waals surface area contributed by atoms with Gasteiger partial charge in [-0.3, -0.25) is 9.89 Å². The highest BCUT2D eigenvalue weighted by molar-refractivity contribution is 5.85. The molecule has 2 aromatic heterocycles. The van der Waals surface area contributed by atoms with Crippen LogP contribution in [-0.2, 0) is 23.1 Å². The molecule has 2 N–H and O–H groups in total. The van der Waals surface area contributed by atoms with Gasteiger partial charge in [-0.1, -0.05) is 6.92 Å². The Bertz CT molecular complexity index is 1010. The Morgan fingerprint density at radius 2 is 1.97 bits per heavy atom. The normalized spacial score (nSPS) is 24.0. The lowest BCUT2D eigenvalue weighted by atomic mass is 10.1. The largest absolute Gasteiger partial charge is 0.341 e. The van der Waals surface area contributed by atoms with E-state index in [2.05, 4.69) is 33.4 Å². The van der Waals surface area contributed by atoms with Crippen LogP contribution in [-0.4, -0.2) is 56.6 Å². The number of hydrogen-bond acceptors (Lipinski definition) is 6. The first-order valence-corrected chi connectivity index (χ1v) is 11.9. The quantitative estimate of drug-likeness (QED) is 0.771. The van der Waals surface area contributed by atoms with Gasteiger partial charge in [0.1, 0.15) is 11.9 Å². The van der Waals surface area contributed by atoms with Gasteiger partial charge in [0.25, 0.3) is 0 Å². The van der Waals surface area contributed by atoms with Crippen LogP contribution in [0.3, 0.4) is 0 Å². The van der Waals surface area contributed by atoms with E-state index in [1.807, 2.05) is 4.90 Å². The molecule has 0 radical (unpaired) electrons. The van der Waals surface area contributed by atoms with E-state index in [-0.39, 0.29) is 17.4 Å². The second-order valence-electron chi connectivity index (χ2n) is 9.89. The predicted molar refractivity (Wildman–Crippen MR) is 119 cm³/mol. The van der Waals surface area contributed by atoms with Crippen LogP contribution in [0.25, 0.3) is 0 Å². The van der Waals surface area contributed by atoms with Crippen molar-refractivity contribution in [2.75, 3.05) is 29.9 Å². The molecule has 0 spiro atoms. The van der Waals surface area contributed by atoms with E-state index in [1.165, 1.54) is 24.1 Å². The van der Waals surface area contributed by atoms with Crippen LogP contribution >= 0.6 is 0 Å². The number of nitrogens with one attached hydrogen (secondary N) is 2. The maximum Gasteiger partial charge on any atom is 0.245 e. The van der Waals surface area contributed by atoms with Crippen molar-refractivity contribution in [3.05, 3.63) is 23.0 Å². The van der Waals surface area contributed by atoms with Gasteiger partial charge in [-0.2, -0.15) is 10.1 Å². The molecule has 6 rings (SSSR count). The molecule has 8 heteroatoms. The minimum Gasteiger partial charge on any atom is -0.341 e. The summed E-state index contributed by atoms with van der Waals surface area (Å²) in [5.41, 5.74) is 3.77. The van der Waals surface area contributed by atoms with Crippen molar-refractivity contribution in [1.82, 2.24) is 25.1 Å². The summed E-state index contributed by atoms with van der Waals surface area (Å²) in [6.07, 6.45) is 9.62. The summed E-state index contributed by atoms with van der Waals surface area (Å²) >= 11 is 0. The second-order valence-corrected chi connectivity index (χ2v) is 9.89. The molecule has 164 valence electrons. The van der Waals surface area contributed by atoms with E-state index in [0.29, 0.717) is 5.95 Å². The maximum absolute atomic E-state index is 13.1. The monoisotopic (exact) mass is 421 g/mol. The van der Waals surface area contributed by atoms with Crippen molar-refractivity contribution in [2.24, 2.45) is 0 Å². The molecular weight excluding hydrogens is 390 g/mol. The molecule has 2 aromatic rings. The maximum atomic E-state index is 13.1. The third kappa shape index (κ3) is 3.36. The summed E-state index contributed by atoms with van der Waals surface area (Å²) in [6.45, 7) is 4.89. The Balaban J connectivity index is 1.29. The average Bonchev–Trinajstić information content (AvgIpc) is 3.38. The molecule has 0 unspecified atom stereocenters. The Morgan fingerprint density at radius 1 is 1.13 bits per heavy atom. The van der Waals surface area contributed by atoms with Gasteiger partial charge in [-0.05, 0) is 57.8 Å². The lowest BCUT2D eigenvalue weighted by molar-refractivity contribution is -0.131. The first kappa shape index (κ1) is 19.1. The van der Waals surface area contributed by atoms with Gasteiger partial charge in [0, 0.05) is 42.4 Å². The van der Waals surface area contributed by atoms with Gasteiger partial charge in [-0.25, -0.2) is 4.98 Å². The number of H-pyrrole nitrogens is 1. The van der Waals surface area contributed by atoms with Crippen molar-refractivity contribution in [3.63, 3.8) is 0 Å². The number of aryl methyl sites for hydroxylation is 1. The summed E-state index contributed by atoms with van der Waals surface area (Å²) in [6, 6.07) is 1.99. The fourth-order valence-electron chi connectivity index (χ4n) is 5.34. The summed E-state index contributed by atoms with van der Waals surface area (Å²) in [5, 5.41) is 11.2. The van der Waals surface area contributed by atoms with E-state index in [0.717, 1.165) is 81.9 Å². The van der Waals surface area contributed by atoms with E-state index in [1.54, 1.807) is 0 Å². The third-order valence-electron chi connectivity index (χ3n) is 7.61. The number of anilines is 3. The fraction of sp³-hybridized carbons (Fsp3) is 0.652. The lowest BCUT2D eigenvalue weighted by Gasteiger charge is -2.28. The highest BCUT2D eigenvalue weighted by atomic mass is 16.2. The van der Waals surface area contributed by atoms with E-state index >= 15 is 0 Å². The molecule has 2 saturated heterocycles. The standard InChI is InChI=1S/C23H31N7O/c1-23(9-10-23)18-14-19(28-27-18)25-20-15-6-4-7-16(15)24-22(26-20)30-13-5-8-17(30)21(31)29-11-2-3-12-29/h14,17H,2-13H2,1H3,(H2,24,25,26,27,28)/t17-/m1/s1. The number of amides is 1. The van der Waals surface area contributed by atoms with Crippen LogP contribution in [0.1, 0.15) is 68.8 Å². The summed E-state index contributed by atoms with van der Waals surface area (Å²) in [4.78, 5) is 27.2. The predicted octanol–water partition coefficient (Wildman–Crippen LogP) is 3.07. The van der Waals surface area contributed by atoms with E-state index in [9.17, 15) is 4.79 Å². The van der Waals surface area contributed by atoms with Gasteiger partial charge < -0.3 is 15.1 Å². The highest BCUT2D eigenvalue weighted by Gasteiger charge is 2.41. The molecule has 1 atom stereocenters. The molecule has 3 fully saturated rings. The minimum atomic E-state index is -0.128. The van der Waals surface area contributed by atoms with E-state index in [4.69, 9.17) is 9.97 Å². The molecule has 4 heterocycles. The van der Waals surface area contributed by atoms with Crippen molar-refractivity contribution < 1.29 is 4.79 Å². The number of carbonyl (C=O) groups is 1. The molecule has 8 nitrogen and oxygen atoms in total. The molecular formula is C23H31N7O. The molecule has 0 aromatic carbocycles. The summed E-state index contributed by atoms with van der Waals surface area (Å²) < 4.78 is 0. The van der Waals surface area contributed by atoms with E-state index < -0.39 is 0 Å². The van der Waals surface area contributed by atoms with Crippen LogP contribution in [0.2, 0.25) is 0 Å². The lowest BCUT2D eigenvalue weighted by Crippen LogP contribution is -2.45. The smallest absolute Gasteiger partial charge is 0.245 e. The SMILES string of the molecule is CC1(c2cc(Nc3nc(N4CCC[C@@H]4C(=O)N4CCCC4)nc4c3CCC4)n[nH]2)CC1. The zero-order valence-electron chi connectivity index (χ0n) is 18.3. The minimum absolute atomic E-state index is 0.128. The Morgan fingerprint density at radius 3 is 2.77 bits per heavy atom. The molecule has 4 aliphatic rings. The topological polar surface area (TPSA) is 90.0 Å². The van der Waals surface area contributed by atoms with Crippen molar-refractivity contribution in [2.45, 2.75) is 76.2 Å². The van der Waals surface area contributed by atoms with Crippen molar-refractivity contribution >= 4 is 23.5 Å². The van der Waals surface area contributed by atoms with Crippen molar-refractivity contribution in [1.29, 1.82) is 0 Å². The molecule has 2 aliphatic carbocycles. The van der Waals surface area contributed by atoms with Crippen LogP contribution in [0, 0.1) is 0 Å². The van der Waals surface area contributed by atoms with Crippen LogP contribution < -0.4 is 10.2 Å². The third-order valence-corrected chi connectivity index (χ3v) is 7.61. The number of nitrogens with zero attached hydrogens (tertiary/aromatic N) is 5. The van der Waals surface area contributed by atoms with Gasteiger partial charge >= 0.3 is 0 Å². The number of fused-ring (bicyclic) bond motifs is 1. The summed E-state index contributed by atoms with van der Waals surface area (Å²) in [5.74, 6) is 2.62. The Labute approximate surface area is 182 Å². The zero-order chi connectivity index (χ0) is 21.0. The number of carbonyl (C=O) groups excluding carboxylic acids is 1. The number of likely N-dealkylation sites (tertiary alicyclic amines) is 1. The first-order chi connectivity index (χ1) is 15.1. The van der Waals surface area contributed by atoms with Crippen molar-refractivity contribution in [3.8, 4) is 0 Å². The Hall–Kier alpha value is -2.64. The molecule has 31 heavy (non-hydrogen) atoms. The van der Waals surface area contributed by atoms with Gasteiger partial charge in [0.2, 0.25) is 11.9 Å². The number of rotatable bonds is 5. The molecule has 2 aliphatic heterocycles. The average molecular weight is 422 g/mol. The second kappa shape index (κ2) is 7.21. The number of aromatic amines is 1. The molecule has 1 saturated carbocycles. The van der Waals surface area contributed by atoms with Gasteiger partial charge in [0.15, 0.2) is 5.82 Å². The number of hydrogen-bond donors (Lipinski definition) is 2. The fourth-order valence-corrected chi connectivity index (χ4v) is 5.34. The zero-order valence-corrected chi connectivity index (χ0v) is 18.3. The van der Waals surface area contributed by atoms with Crippen LogP contribution in [0.15, 0.2) is 6.07 Å².